The van der Waals surface area contributed by atoms with Crippen LogP contribution >= 0.6 is 22.6 Å². The van der Waals surface area contributed by atoms with E-state index in [4.69, 9.17) is 9.73 Å². The normalized spacial score (nSPS) is 25.6. The van der Waals surface area contributed by atoms with Gasteiger partial charge < -0.3 is 4.74 Å². The van der Waals surface area contributed by atoms with Crippen LogP contribution in [0.15, 0.2) is 4.99 Å². The van der Waals surface area contributed by atoms with E-state index in [1.54, 1.807) is 5.54 Å². The average molecular weight is 430 g/mol. The van der Waals surface area contributed by atoms with Crippen LogP contribution in [0.4, 0.5) is 0 Å². The molecular weight excluding hydrogens is 401 g/mol. The molecule has 0 aromatic carbocycles. The van der Waals surface area contributed by atoms with Crippen LogP contribution < -0.4 is 0 Å². The van der Waals surface area contributed by atoms with E-state index in [9.17, 15) is 0 Å². The fourth-order valence-electron chi connectivity index (χ4n) is 3.39. The minimum atomic E-state index is -1.42. The van der Waals surface area contributed by atoms with Gasteiger partial charge >= 0.3 is 0 Å². The van der Waals surface area contributed by atoms with Gasteiger partial charge in [-0.05, 0) is 23.8 Å². The Hall–Kier alpha value is 0.417. The van der Waals surface area contributed by atoms with E-state index < -0.39 is 8.07 Å². The number of hydrogen-bond donors (Lipinski definition) is 0. The molecule has 0 bridgehead atoms. The van der Waals surface area contributed by atoms with E-state index in [1.165, 1.54) is 28.0 Å². The molecule has 1 heterocycles. The van der Waals surface area contributed by atoms with Gasteiger partial charge in [-0.15, -0.1) is 0 Å². The second-order valence-corrected chi connectivity index (χ2v) is 13.8. The van der Waals surface area contributed by atoms with Crippen molar-refractivity contribution in [3.63, 3.8) is 0 Å². The Kier molecular flexibility index (Phi) is 6.07. The summed E-state index contributed by atoms with van der Waals surface area (Å²) < 4.78 is 7.35. The molecule has 2 aliphatic rings. The number of hydrogen-bond acceptors (Lipinski definition) is 2. The largest absolute Gasteiger partial charge is 0.478 e. The Bertz CT molecular complexity index is 406. The number of ether oxygens (including phenoxy) is 1. The molecule has 2 rings (SSSR count). The topological polar surface area (TPSA) is 21.6 Å². The maximum atomic E-state index is 6.05. The first-order valence-electron chi connectivity index (χ1n) is 8.45. The predicted molar refractivity (Wildman–Crippen MR) is 106 cm³/mol. The monoisotopic (exact) mass is 430 g/mol. The molecule has 2 nitrogen and oxygen atoms in total. The molecular formula is C18H29INOSi. The molecule has 5 radical (unpaired) electrons. The quantitative estimate of drug-likeness (QED) is 0.422. The van der Waals surface area contributed by atoms with Crippen LogP contribution in [0.2, 0.25) is 18.1 Å². The first-order chi connectivity index (χ1) is 10.3. The second-order valence-electron chi connectivity index (χ2n) is 7.44. The van der Waals surface area contributed by atoms with Gasteiger partial charge in [0, 0.05) is 0 Å². The molecule has 0 aromatic rings. The van der Waals surface area contributed by atoms with Crippen LogP contribution in [0.3, 0.4) is 0 Å². The van der Waals surface area contributed by atoms with Crippen LogP contribution in [0.25, 0.3) is 0 Å². The molecule has 0 aromatic heterocycles. The molecule has 0 unspecified atom stereocenters. The van der Waals surface area contributed by atoms with Crippen LogP contribution in [-0.4, -0.2) is 26.6 Å². The fraction of sp³-hybridized carbons (Fsp3) is 0.667. The van der Waals surface area contributed by atoms with Crippen molar-refractivity contribution in [2.45, 2.75) is 65.7 Å². The Morgan fingerprint density at radius 1 is 1.18 bits per heavy atom. The van der Waals surface area contributed by atoms with Crippen molar-refractivity contribution in [3.8, 4) is 0 Å². The zero-order valence-electron chi connectivity index (χ0n) is 14.8. The summed E-state index contributed by atoms with van der Waals surface area (Å²) in [5.41, 5.74) is 1.73. The van der Waals surface area contributed by atoms with Crippen molar-refractivity contribution in [2.24, 2.45) is 10.4 Å². The smallest absolute Gasteiger partial charge is 0.193 e. The first-order valence-corrected chi connectivity index (χ1v) is 12.2. The van der Waals surface area contributed by atoms with Crippen molar-refractivity contribution in [3.05, 3.63) is 28.2 Å². The van der Waals surface area contributed by atoms with Gasteiger partial charge in [0.2, 0.25) is 0 Å². The summed E-state index contributed by atoms with van der Waals surface area (Å²) in [7, 11) is -1.42. The van der Waals surface area contributed by atoms with Crippen LogP contribution in [0.1, 0.15) is 41.5 Å². The Morgan fingerprint density at radius 2 is 1.77 bits per heavy atom. The Balaban J connectivity index is 2.28. The van der Waals surface area contributed by atoms with E-state index in [0.29, 0.717) is 0 Å². The molecule has 1 saturated carbocycles. The zero-order chi connectivity index (χ0) is 16.5. The first kappa shape index (κ1) is 18.8. The maximum Gasteiger partial charge on any atom is 0.193 e. The van der Waals surface area contributed by atoms with Gasteiger partial charge in [-0.3, -0.25) is 0 Å². The summed E-state index contributed by atoms with van der Waals surface area (Å²) in [6.45, 7) is 14.5. The molecule has 0 spiro atoms. The highest BCUT2D eigenvalue weighted by Crippen LogP contribution is 2.53. The van der Waals surface area contributed by atoms with E-state index in [0.717, 1.165) is 12.5 Å². The summed E-state index contributed by atoms with van der Waals surface area (Å²) in [4.78, 5) is 4.95. The molecule has 1 aliphatic heterocycles. The lowest BCUT2D eigenvalue weighted by molar-refractivity contribution is 0.234. The highest BCUT2D eigenvalue weighted by molar-refractivity contribution is 14.1. The highest BCUT2D eigenvalue weighted by atomic mass is 127. The van der Waals surface area contributed by atoms with Crippen molar-refractivity contribution in [2.75, 3.05) is 6.61 Å². The summed E-state index contributed by atoms with van der Waals surface area (Å²) in [5, 5.41) is 0. The van der Waals surface area contributed by atoms with Crippen LogP contribution in [-0.2, 0) is 4.74 Å². The lowest BCUT2D eigenvalue weighted by Gasteiger charge is -2.37. The van der Waals surface area contributed by atoms with E-state index in [2.05, 4.69) is 77.0 Å². The van der Waals surface area contributed by atoms with Gasteiger partial charge in [0.1, 0.15) is 6.61 Å². The summed E-state index contributed by atoms with van der Waals surface area (Å²) in [6.07, 6.45) is 4.61. The molecule has 1 fully saturated rings. The zero-order valence-corrected chi connectivity index (χ0v) is 18.0. The number of nitrogens with zero attached hydrogens (tertiary/aromatic N) is 1. The lowest BCUT2D eigenvalue weighted by Crippen LogP contribution is -2.43. The Morgan fingerprint density at radius 3 is 2.23 bits per heavy atom. The summed E-state index contributed by atoms with van der Waals surface area (Å²) in [6, 6.07) is 4.15. The molecule has 1 aliphatic carbocycles. The van der Waals surface area contributed by atoms with Crippen molar-refractivity contribution >= 4 is 36.6 Å². The van der Waals surface area contributed by atoms with Gasteiger partial charge in [0.25, 0.3) is 0 Å². The fourth-order valence-corrected chi connectivity index (χ4v) is 8.19. The van der Waals surface area contributed by atoms with Crippen LogP contribution in [0.5, 0.6) is 0 Å². The summed E-state index contributed by atoms with van der Waals surface area (Å²) in [5.74, 6) is 2.21. The predicted octanol–water partition coefficient (Wildman–Crippen LogP) is 5.42. The molecule has 22 heavy (non-hydrogen) atoms. The van der Waals surface area contributed by atoms with Crippen molar-refractivity contribution in [1.29, 1.82) is 0 Å². The summed E-state index contributed by atoms with van der Waals surface area (Å²) >= 11 is 2.45. The van der Waals surface area contributed by atoms with Crippen molar-refractivity contribution < 1.29 is 4.74 Å². The van der Waals surface area contributed by atoms with Gasteiger partial charge in [-0.25, -0.2) is 4.99 Å². The van der Waals surface area contributed by atoms with Gasteiger partial charge in [-0.2, -0.15) is 0 Å². The molecule has 0 amide bonds. The van der Waals surface area contributed by atoms with Gasteiger partial charge in [0.05, 0.1) is 24.0 Å². The average Bonchev–Trinajstić information content (AvgIpc) is 3.08. The molecule has 1 atom stereocenters. The third kappa shape index (κ3) is 3.42. The molecule has 123 valence electrons. The highest BCUT2D eigenvalue weighted by Gasteiger charge is 2.52. The maximum absolute atomic E-state index is 6.05. The molecule has 0 N–H and O–H groups in total. The van der Waals surface area contributed by atoms with Gasteiger partial charge in [-0.1, -0.05) is 82.3 Å². The second kappa shape index (κ2) is 7.12. The minimum Gasteiger partial charge on any atom is -0.478 e. The molecule has 4 heteroatoms. The number of halogens is 1. The lowest BCUT2D eigenvalue weighted by atomic mass is 9.88. The van der Waals surface area contributed by atoms with Gasteiger partial charge in [0.15, 0.2) is 5.90 Å². The van der Waals surface area contributed by atoms with Crippen molar-refractivity contribution in [1.82, 2.24) is 0 Å². The Labute approximate surface area is 152 Å². The van der Waals surface area contributed by atoms with E-state index in [1.807, 2.05) is 0 Å². The number of aliphatic imine (C=N–C) groups is 1. The standard InChI is InChI=1S/C18H29INOSi/c1-7-22(8-2,9-3)14-11-10-13(19)16(14)17-20-15(12-21-17)18(4,5)6/h10-11,15H,7-9,12H2,1-6H3/t15-/m1/s1. The number of rotatable bonds is 5. The third-order valence-corrected chi connectivity index (χ3v) is 11.9. The van der Waals surface area contributed by atoms with Crippen LogP contribution in [0, 0.1) is 33.6 Å². The molecule has 0 saturated heterocycles. The third-order valence-electron chi connectivity index (χ3n) is 5.37. The van der Waals surface area contributed by atoms with E-state index in [-0.39, 0.29) is 11.5 Å². The minimum absolute atomic E-state index is 0.161. The van der Waals surface area contributed by atoms with E-state index >= 15 is 0 Å². The SMILES string of the molecule is CC[Si](CC)(CC)[C]1[CH][CH][C](I)[C]1C1=N[C@@H](C(C)(C)C)CO1.